The van der Waals surface area contributed by atoms with E-state index in [1.807, 2.05) is 0 Å². The summed E-state index contributed by atoms with van der Waals surface area (Å²) in [5.41, 5.74) is 5.03. The lowest BCUT2D eigenvalue weighted by atomic mass is 10.0. The second-order valence-electron chi connectivity index (χ2n) is 3.73. The summed E-state index contributed by atoms with van der Waals surface area (Å²) >= 11 is 0. The van der Waals surface area contributed by atoms with E-state index in [2.05, 4.69) is 17.3 Å². The van der Waals surface area contributed by atoms with Crippen LogP contribution in [0.3, 0.4) is 0 Å². The number of amides is 1. The van der Waals surface area contributed by atoms with Crippen molar-refractivity contribution in [3.8, 4) is 0 Å². The molecule has 0 bridgehead atoms. The molecule has 1 fully saturated rings. The maximum absolute atomic E-state index is 10.5. The number of carbonyl (C=O) groups excluding carboxylic acids is 1. The van der Waals surface area contributed by atoms with Crippen molar-refractivity contribution >= 4 is 5.91 Å². The monoisotopic (exact) mass is 185 g/mol. The van der Waals surface area contributed by atoms with Gasteiger partial charge in [0.1, 0.15) is 0 Å². The molecule has 0 aromatic heterocycles. The van der Waals surface area contributed by atoms with Crippen LogP contribution in [-0.4, -0.2) is 43.5 Å². The Labute approximate surface area is 79.5 Å². The zero-order valence-corrected chi connectivity index (χ0v) is 8.25. The molecular weight excluding hydrogens is 166 g/mol. The van der Waals surface area contributed by atoms with Gasteiger partial charge in [-0.25, -0.2) is 0 Å². The smallest absolute Gasteiger partial charge is 0.231 e. The molecule has 4 heteroatoms. The Bertz CT molecular complexity index is 172. The number of piperidine rings is 1. The Balaban J connectivity index is 2.15. The summed E-state index contributed by atoms with van der Waals surface area (Å²) in [6.07, 6.45) is 3.82. The van der Waals surface area contributed by atoms with Crippen LogP contribution in [-0.2, 0) is 4.79 Å². The molecule has 1 atom stereocenters. The SMILES string of the molecule is CN1CCCCC1CNCC(N)=O. The van der Waals surface area contributed by atoms with Crippen LogP contribution in [0.25, 0.3) is 0 Å². The van der Waals surface area contributed by atoms with Crippen molar-refractivity contribution in [1.82, 2.24) is 10.2 Å². The van der Waals surface area contributed by atoms with Crippen molar-refractivity contribution in [2.45, 2.75) is 25.3 Å². The summed E-state index contributed by atoms with van der Waals surface area (Å²) in [5.74, 6) is -0.279. The van der Waals surface area contributed by atoms with E-state index in [0.717, 1.165) is 6.54 Å². The van der Waals surface area contributed by atoms with Gasteiger partial charge in [-0.05, 0) is 26.4 Å². The van der Waals surface area contributed by atoms with Crippen LogP contribution in [0.2, 0.25) is 0 Å². The van der Waals surface area contributed by atoms with E-state index in [-0.39, 0.29) is 5.91 Å². The van der Waals surface area contributed by atoms with Crippen LogP contribution >= 0.6 is 0 Å². The van der Waals surface area contributed by atoms with Gasteiger partial charge in [0.15, 0.2) is 0 Å². The summed E-state index contributed by atoms with van der Waals surface area (Å²) in [6, 6.07) is 0.577. The van der Waals surface area contributed by atoms with Crippen LogP contribution in [0.5, 0.6) is 0 Å². The molecule has 4 nitrogen and oxygen atoms in total. The van der Waals surface area contributed by atoms with E-state index in [4.69, 9.17) is 5.73 Å². The number of nitrogens with one attached hydrogen (secondary N) is 1. The van der Waals surface area contributed by atoms with Crippen molar-refractivity contribution < 1.29 is 4.79 Å². The van der Waals surface area contributed by atoms with Crippen LogP contribution in [0, 0.1) is 0 Å². The zero-order chi connectivity index (χ0) is 9.68. The third kappa shape index (κ3) is 3.74. The molecular formula is C9H19N3O. The lowest BCUT2D eigenvalue weighted by Gasteiger charge is -2.32. The van der Waals surface area contributed by atoms with Gasteiger partial charge in [-0.1, -0.05) is 6.42 Å². The second-order valence-corrected chi connectivity index (χ2v) is 3.73. The molecule has 0 saturated carbocycles. The van der Waals surface area contributed by atoms with Crippen LogP contribution in [0.4, 0.5) is 0 Å². The lowest BCUT2D eigenvalue weighted by molar-refractivity contribution is -0.117. The highest BCUT2D eigenvalue weighted by atomic mass is 16.1. The standard InChI is InChI=1S/C9H19N3O/c1-12-5-3-2-4-8(12)6-11-7-9(10)13/h8,11H,2-7H2,1H3,(H2,10,13). The number of hydrogen-bond donors (Lipinski definition) is 2. The molecule has 0 aromatic rings. The van der Waals surface area contributed by atoms with E-state index in [9.17, 15) is 4.79 Å². The molecule has 0 aromatic carbocycles. The summed E-state index contributed by atoms with van der Waals surface area (Å²) in [4.78, 5) is 12.8. The normalized spacial score (nSPS) is 24.5. The minimum Gasteiger partial charge on any atom is -0.369 e. The largest absolute Gasteiger partial charge is 0.369 e. The summed E-state index contributed by atoms with van der Waals surface area (Å²) in [5, 5.41) is 3.07. The van der Waals surface area contributed by atoms with Crippen LogP contribution in [0.1, 0.15) is 19.3 Å². The average Bonchev–Trinajstić information content (AvgIpc) is 2.08. The maximum atomic E-state index is 10.5. The molecule has 1 aliphatic heterocycles. The highest BCUT2D eigenvalue weighted by Crippen LogP contribution is 2.13. The number of primary amides is 1. The fourth-order valence-corrected chi connectivity index (χ4v) is 1.76. The van der Waals surface area contributed by atoms with Gasteiger partial charge in [0.2, 0.25) is 5.91 Å². The quantitative estimate of drug-likeness (QED) is 0.623. The third-order valence-electron chi connectivity index (χ3n) is 2.60. The third-order valence-corrected chi connectivity index (χ3v) is 2.60. The number of likely N-dealkylation sites (tertiary alicyclic amines) is 1. The zero-order valence-electron chi connectivity index (χ0n) is 8.25. The predicted molar refractivity (Wildman–Crippen MR) is 52.3 cm³/mol. The van der Waals surface area contributed by atoms with E-state index < -0.39 is 0 Å². The van der Waals surface area contributed by atoms with Gasteiger partial charge >= 0.3 is 0 Å². The highest BCUT2D eigenvalue weighted by Gasteiger charge is 2.17. The Morgan fingerprint density at radius 3 is 3.00 bits per heavy atom. The number of rotatable bonds is 4. The molecule has 0 aliphatic carbocycles. The number of nitrogens with zero attached hydrogens (tertiary/aromatic N) is 1. The van der Waals surface area contributed by atoms with Gasteiger partial charge in [0.25, 0.3) is 0 Å². The molecule has 0 radical (unpaired) electrons. The number of nitrogens with two attached hydrogens (primary N) is 1. The molecule has 1 rings (SSSR count). The van der Waals surface area contributed by atoms with Crippen molar-refractivity contribution in [3.05, 3.63) is 0 Å². The molecule has 0 spiro atoms. The molecule has 76 valence electrons. The Morgan fingerprint density at radius 2 is 2.38 bits per heavy atom. The van der Waals surface area contributed by atoms with Crippen molar-refractivity contribution in [1.29, 1.82) is 0 Å². The molecule has 1 saturated heterocycles. The first-order valence-electron chi connectivity index (χ1n) is 4.89. The molecule has 13 heavy (non-hydrogen) atoms. The van der Waals surface area contributed by atoms with E-state index in [0.29, 0.717) is 12.6 Å². The summed E-state index contributed by atoms with van der Waals surface area (Å²) in [6.45, 7) is 2.34. The minimum absolute atomic E-state index is 0.279. The minimum atomic E-state index is -0.279. The topological polar surface area (TPSA) is 58.4 Å². The molecule has 1 aliphatic rings. The van der Waals surface area contributed by atoms with Crippen molar-refractivity contribution in [2.24, 2.45) is 5.73 Å². The van der Waals surface area contributed by atoms with Gasteiger partial charge < -0.3 is 16.0 Å². The average molecular weight is 185 g/mol. The van der Waals surface area contributed by atoms with Gasteiger partial charge in [0.05, 0.1) is 6.54 Å². The van der Waals surface area contributed by atoms with Gasteiger partial charge in [0, 0.05) is 12.6 Å². The van der Waals surface area contributed by atoms with Gasteiger partial charge in [-0.3, -0.25) is 4.79 Å². The van der Waals surface area contributed by atoms with E-state index >= 15 is 0 Å². The van der Waals surface area contributed by atoms with Crippen LogP contribution < -0.4 is 11.1 Å². The first-order valence-corrected chi connectivity index (χ1v) is 4.89. The summed E-state index contributed by atoms with van der Waals surface area (Å²) < 4.78 is 0. The van der Waals surface area contributed by atoms with E-state index in [1.54, 1.807) is 0 Å². The lowest BCUT2D eigenvalue weighted by Crippen LogP contribution is -2.44. The Kier molecular flexibility index (Phi) is 4.18. The second kappa shape index (κ2) is 5.19. The first-order chi connectivity index (χ1) is 6.20. The van der Waals surface area contributed by atoms with E-state index in [1.165, 1.54) is 25.8 Å². The first kappa shape index (κ1) is 10.5. The molecule has 1 amide bonds. The fraction of sp³-hybridized carbons (Fsp3) is 0.889. The maximum Gasteiger partial charge on any atom is 0.231 e. The molecule has 1 heterocycles. The highest BCUT2D eigenvalue weighted by molar-refractivity contribution is 5.75. The molecule has 3 N–H and O–H groups in total. The van der Waals surface area contributed by atoms with Gasteiger partial charge in [-0.2, -0.15) is 0 Å². The Hall–Kier alpha value is -0.610. The van der Waals surface area contributed by atoms with Crippen molar-refractivity contribution in [3.63, 3.8) is 0 Å². The summed E-state index contributed by atoms with van der Waals surface area (Å²) in [7, 11) is 2.13. The molecule has 1 unspecified atom stereocenters. The van der Waals surface area contributed by atoms with Crippen molar-refractivity contribution in [2.75, 3.05) is 26.7 Å². The fourth-order valence-electron chi connectivity index (χ4n) is 1.76. The predicted octanol–water partition coefficient (Wildman–Crippen LogP) is -0.454. The number of hydrogen-bond acceptors (Lipinski definition) is 3. The number of likely N-dealkylation sites (N-methyl/N-ethyl adjacent to an activating group) is 1. The number of carbonyl (C=O) groups is 1. The Morgan fingerprint density at radius 1 is 1.62 bits per heavy atom. The van der Waals surface area contributed by atoms with Crippen LogP contribution in [0.15, 0.2) is 0 Å². The van der Waals surface area contributed by atoms with Gasteiger partial charge in [-0.15, -0.1) is 0 Å².